The quantitative estimate of drug-likeness (QED) is 0.543. The standard InChI is InChI=1S/C14H8Cl4N2/c15-7-12-19-10-5-1-4-9(17)14(10)20(12)11-6-2-3-8(16)13(11)18/h1-6H,7H2. The van der Waals surface area contributed by atoms with Crippen LogP contribution in [0.1, 0.15) is 5.82 Å². The maximum atomic E-state index is 6.30. The average molecular weight is 346 g/mol. The molecular formula is C14H8Cl4N2. The first-order valence-corrected chi connectivity index (χ1v) is 7.46. The zero-order chi connectivity index (χ0) is 14.3. The molecule has 0 atom stereocenters. The lowest BCUT2D eigenvalue weighted by molar-refractivity contribution is 0.982. The van der Waals surface area contributed by atoms with Crippen molar-refractivity contribution >= 4 is 57.4 Å². The minimum Gasteiger partial charge on any atom is -0.292 e. The van der Waals surface area contributed by atoms with Crippen molar-refractivity contribution < 1.29 is 0 Å². The third-order valence-electron chi connectivity index (χ3n) is 2.99. The van der Waals surface area contributed by atoms with Gasteiger partial charge in [0.2, 0.25) is 0 Å². The number of rotatable bonds is 2. The molecule has 0 bridgehead atoms. The number of para-hydroxylation sites is 1. The van der Waals surface area contributed by atoms with E-state index in [1.807, 2.05) is 28.8 Å². The van der Waals surface area contributed by atoms with Gasteiger partial charge < -0.3 is 0 Å². The summed E-state index contributed by atoms with van der Waals surface area (Å²) in [4.78, 5) is 4.48. The lowest BCUT2D eigenvalue weighted by atomic mass is 10.2. The molecule has 3 rings (SSSR count). The van der Waals surface area contributed by atoms with Gasteiger partial charge in [-0.05, 0) is 24.3 Å². The fraction of sp³-hybridized carbons (Fsp3) is 0.0714. The molecule has 0 fully saturated rings. The van der Waals surface area contributed by atoms with Crippen molar-refractivity contribution in [2.45, 2.75) is 5.88 Å². The number of aromatic nitrogens is 2. The normalized spacial score (nSPS) is 11.2. The molecule has 1 heterocycles. The predicted molar refractivity (Wildman–Crippen MR) is 85.7 cm³/mol. The van der Waals surface area contributed by atoms with Gasteiger partial charge >= 0.3 is 0 Å². The Hall–Kier alpha value is -0.930. The second kappa shape index (κ2) is 5.45. The molecule has 0 amide bonds. The molecule has 0 aliphatic carbocycles. The SMILES string of the molecule is ClCc1nc2cccc(Cl)c2n1-c1cccc(Cl)c1Cl. The fourth-order valence-corrected chi connectivity index (χ4v) is 2.96. The van der Waals surface area contributed by atoms with Gasteiger partial charge in [-0.3, -0.25) is 4.57 Å². The zero-order valence-electron chi connectivity index (χ0n) is 10.1. The predicted octanol–water partition coefficient (Wildman–Crippen LogP) is 5.72. The maximum absolute atomic E-state index is 6.30. The lowest BCUT2D eigenvalue weighted by Crippen LogP contribution is -2.00. The first kappa shape index (κ1) is 14.0. The van der Waals surface area contributed by atoms with E-state index in [0.29, 0.717) is 26.6 Å². The average Bonchev–Trinajstić information content (AvgIpc) is 2.82. The van der Waals surface area contributed by atoms with Gasteiger partial charge in [-0.2, -0.15) is 0 Å². The van der Waals surface area contributed by atoms with Crippen molar-refractivity contribution in [3.63, 3.8) is 0 Å². The summed E-state index contributed by atoms with van der Waals surface area (Å²) in [6, 6.07) is 10.9. The maximum Gasteiger partial charge on any atom is 0.129 e. The Balaban J connectivity index is 2.43. The van der Waals surface area contributed by atoms with Gasteiger partial charge in [0.05, 0.1) is 37.7 Å². The summed E-state index contributed by atoms with van der Waals surface area (Å²) in [5.74, 6) is 0.910. The van der Waals surface area contributed by atoms with Crippen LogP contribution in [0.5, 0.6) is 0 Å². The van der Waals surface area contributed by atoms with Crippen LogP contribution in [0.2, 0.25) is 15.1 Å². The van der Waals surface area contributed by atoms with Crippen LogP contribution in [-0.2, 0) is 5.88 Å². The van der Waals surface area contributed by atoms with E-state index in [1.54, 1.807) is 12.1 Å². The number of imidazole rings is 1. The van der Waals surface area contributed by atoms with Crippen LogP contribution in [0.3, 0.4) is 0 Å². The van der Waals surface area contributed by atoms with Gasteiger partial charge in [-0.25, -0.2) is 4.98 Å². The Morgan fingerprint density at radius 2 is 1.65 bits per heavy atom. The summed E-state index contributed by atoms with van der Waals surface area (Å²) in [5, 5.41) is 1.50. The van der Waals surface area contributed by atoms with Crippen molar-refractivity contribution in [1.29, 1.82) is 0 Å². The lowest BCUT2D eigenvalue weighted by Gasteiger charge is -2.11. The van der Waals surface area contributed by atoms with E-state index in [4.69, 9.17) is 46.4 Å². The summed E-state index contributed by atoms with van der Waals surface area (Å²) >= 11 is 24.7. The summed E-state index contributed by atoms with van der Waals surface area (Å²) in [6.45, 7) is 0. The van der Waals surface area contributed by atoms with Crippen molar-refractivity contribution in [3.05, 3.63) is 57.3 Å². The number of halogens is 4. The minimum atomic E-state index is 0.244. The van der Waals surface area contributed by atoms with Crippen LogP contribution in [-0.4, -0.2) is 9.55 Å². The van der Waals surface area contributed by atoms with E-state index < -0.39 is 0 Å². The topological polar surface area (TPSA) is 17.8 Å². The highest BCUT2D eigenvalue weighted by Crippen LogP contribution is 2.34. The van der Waals surface area contributed by atoms with E-state index in [9.17, 15) is 0 Å². The van der Waals surface area contributed by atoms with Gasteiger partial charge in [-0.1, -0.05) is 46.9 Å². The highest BCUT2D eigenvalue weighted by molar-refractivity contribution is 6.43. The molecule has 3 aromatic rings. The Morgan fingerprint density at radius 1 is 0.950 bits per heavy atom. The molecule has 0 saturated heterocycles. The van der Waals surface area contributed by atoms with Gasteiger partial charge in [-0.15, -0.1) is 11.6 Å². The molecule has 0 aliphatic heterocycles. The Bertz CT molecular complexity index is 795. The minimum absolute atomic E-state index is 0.244. The van der Waals surface area contributed by atoms with Crippen LogP contribution in [0.15, 0.2) is 36.4 Å². The molecule has 0 saturated carbocycles. The van der Waals surface area contributed by atoms with E-state index in [2.05, 4.69) is 4.98 Å². The van der Waals surface area contributed by atoms with Crippen LogP contribution < -0.4 is 0 Å². The Kier molecular flexibility index (Phi) is 3.83. The smallest absolute Gasteiger partial charge is 0.129 e. The molecule has 6 heteroatoms. The third kappa shape index (κ3) is 2.17. The molecule has 102 valence electrons. The molecule has 0 unspecified atom stereocenters. The number of hydrogen-bond acceptors (Lipinski definition) is 1. The first-order chi connectivity index (χ1) is 9.63. The second-order valence-corrected chi connectivity index (χ2v) is 5.64. The summed E-state index contributed by atoms with van der Waals surface area (Å²) in [7, 11) is 0. The highest BCUT2D eigenvalue weighted by Gasteiger charge is 2.17. The van der Waals surface area contributed by atoms with Crippen molar-refractivity contribution in [1.82, 2.24) is 9.55 Å². The molecule has 2 aromatic carbocycles. The van der Waals surface area contributed by atoms with Crippen molar-refractivity contribution in [2.75, 3.05) is 0 Å². The third-order valence-corrected chi connectivity index (χ3v) is 4.34. The molecule has 1 aromatic heterocycles. The van der Waals surface area contributed by atoms with Gasteiger partial charge in [0.1, 0.15) is 5.82 Å². The van der Waals surface area contributed by atoms with E-state index in [0.717, 1.165) is 11.0 Å². The van der Waals surface area contributed by atoms with E-state index >= 15 is 0 Å². The number of fused-ring (bicyclic) bond motifs is 1. The van der Waals surface area contributed by atoms with Gasteiger partial charge in [0.15, 0.2) is 0 Å². The number of alkyl halides is 1. The molecule has 0 N–H and O–H groups in total. The Morgan fingerprint density at radius 3 is 2.40 bits per heavy atom. The van der Waals surface area contributed by atoms with Crippen molar-refractivity contribution in [3.8, 4) is 5.69 Å². The Labute approximate surface area is 135 Å². The summed E-state index contributed by atoms with van der Waals surface area (Å²) in [5.41, 5.74) is 2.25. The molecule has 0 spiro atoms. The second-order valence-electron chi connectivity index (χ2n) is 4.18. The van der Waals surface area contributed by atoms with E-state index in [-0.39, 0.29) is 5.88 Å². The van der Waals surface area contributed by atoms with Gasteiger partial charge in [0.25, 0.3) is 0 Å². The monoisotopic (exact) mass is 344 g/mol. The van der Waals surface area contributed by atoms with Crippen molar-refractivity contribution in [2.24, 2.45) is 0 Å². The zero-order valence-corrected chi connectivity index (χ0v) is 13.1. The molecule has 2 nitrogen and oxygen atoms in total. The number of hydrogen-bond donors (Lipinski definition) is 0. The first-order valence-electron chi connectivity index (χ1n) is 5.79. The van der Waals surface area contributed by atoms with Crippen LogP contribution in [0.25, 0.3) is 16.7 Å². The fourth-order valence-electron chi connectivity index (χ4n) is 2.15. The highest BCUT2D eigenvalue weighted by atomic mass is 35.5. The summed E-state index contributed by atoms with van der Waals surface area (Å²) < 4.78 is 1.85. The van der Waals surface area contributed by atoms with Crippen LogP contribution in [0.4, 0.5) is 0 Å². The number of nitrogens with zero attached hydrogens (tertiary/aromatic N) is 2. The van der Waals surface area contributed by atoms with Crippen LogP contribution in [0, 0.1) is 0 Å². The number of benzene rings is 2. The summed E-state index contributed by atoms with van der Waals surface area (Å²) in [6.07, 6.45) is 0. The van der Waals surface area contributed by atoms with Gasteiger partial charge in [0, 0.05) is 0 Å². The molecule has 0 radical (unpaired) electrons. The molecule has 20 heavy (non-hydrogen) atoms. The largest absolute Gasteiger partial charge is 0.292 e. The molecule has 0 aliphatic rings. The van der Waals surface area contributed by atoms with E-state index in [1.165, 1.54) is 0 Å². The van der Waals surface area contributed by atoms with Crippen LogP contribution >= 0.6 is 46.4 Å². The molecular weight excluding hydrogens is 338 g/mol.